The minimum absolute atomic E-state index is 0.0521. The summed E-state index contributed by atoms with van der Waals surface area (Å²) in [6, 6.07) is 17.3. The molecule has 188 valence electrons. The van der Waals surface area contributed by atoms with E-state index in [4.69, 9.17) is 0 Å². The predicted octanol–water partition coefficient (Wildman–Crippen LogP) is 4.18. The zero-order chi connectivity index (χ0) is 25.7. The quantitative estimate of drug-likeness (QED) is 0.520. The Labute approximate surface area is 211 Å². The van der Waals surface area contributed by atoms with Crippen LogP contribution in [0.5, 0.6) is 0 Å². The van der Waals surface area contributed by atoms with Crippen molar-refractivity contribution < 1.29 is 14.0 Å². The van der Waals surface area contributed by atoms with Crippen LogP contribution in [0.2, 0.25) is 0 Å². The number of aromatic nitrogens is 2. The van der Waals surface area contributed by atoms with E-state index in [0.717, 1.165) is 29.9 Å². The predicted molar refractivity (Wildman–Crippen MR) is 138 cm³/mol. The zero-order valence-electron chi connectivity index (χ0n) is 21.0. The smallest absolute Gasteiger partial charge is 0.254 e. The molecule has 1 aliphatic heterocycles. The number of carbonyl (C=O) groups is 2. The fourth-order valence-electron chi connectivity index (χ4n) is 4.26. The van der Waals surface area contributed by atoms with Gasteiger partial charge in [-0.2, -0.15) is 0 Å². The van der Waals surface area contributed by atoms with Gasteiger partial charge in [-0.15, -0.1) is 10.2 Å². The molecule has 0 unspecified atom stereocenters. The van der Waals surface area contributed by atoms with E-state index in [0.29, 0.717) is 30.9 Å². The van der Waals surface area contributed by atoms with Gasteiger partial charge in [-0.05, 0) is 75.7 Å². The third-order valence-corrected chi connectivity index (χ3v) is 6.45. The minimum Gasteiger partial charge on any atom is -0.353 e. The molecule has 2 heterocycles. The minimum atomic E-state index is -0.289. The highest BCUT2D eigenvalue weighted by Crippen LogP contribution is 2.20. The van der Waals surface area contributed by atoms with E-state index in [1.807, 2.05) is 62.1 Å². The van der Waals surface area contributed by atoms with Gasteiger partial charge in [0.05, 0.1) is 5.69 Å². The summed E-state index contributed by atoms with van der Waals surface area (Å²) in [5.41, 5.74) is 3.16. The lowest BCUT2D eigenvalue weighted by atomic mass is 10.1. The summed E-state index contributed by atoms with van der Waals surface area (Å²) in [6.45, 7) is 8.44. The molecular formula is C28H32FN5O2. The average Bonchev–Trinajstić information content (AvgIpc) is 3.14. The molecule has 7 nitrogen and oxygen atoms in total. The second kappa shape index (κ2) is 11.3. The third kappa shape index (κ3) is 6.05. The van der Waals surface area contributed by atoms with Crippen LogP contribution in [-0.2, 0) is 4.79 Å². The summed E-state index contributed by atoms with van der Waals surface area (Å²) >= 11 is 0. The van der Waals surface area contributed by atoms with Crippen molar-refractivity contribution >= 4 is 17.6 Å². The summed E-state index contributed by atoms with van der Waals surface area (Å²) in [4.78, 5) is 31.8. The van der Waals surface area contributed by atoms with Crippen molar-refractivity contribution in [2.75, 3.05) is 37.6 Å². The molecule has 1 saturated heterocycles. The Morgan fingerprint density at radius 2 is 1.64 bits per heavy atom. The third-order valence-electron chi connectivity index (χ3n) is 6.45. The first kappa shape index (κ1) is 25.3. The van der Waals surface area contributed by atoms with E-state index < -0.39 is 0 Å². The van der Waals surface area contributed by atoms with Crippen LogP contribution in [-0.4, -0.2) is 70.6 Å². The normalized spacial score (nSPS) is 14.0. The maximum absolute atomic E-state index is 13.2. The summed E-state index contributed by atoms with van der Waals surface area (Å²) in [6.07, 6.45) is 0.792. The number of anilines is 1. The van der Waals surface area contributed by atoms with Crippen molar-refractivity contribution in [2.24, 2.45) is 0 Å². The van der Waals surface area contributed by atoms with E-state index in [1.165, 1.54) is 12.1 Å². The van der Waals surface area contributed by atoms with E-state index in [1.54, 1.807) is 17.0 Å². The van der Waals surface area contributed by atoms with Crippen LogP contribution in [0.15, 0.2) is 60.7 Å². The molecule has 0 aliphatic carbocycles. The second-order valence-electron chi connectivity index (χ2n) is 9.40. The van der Waals surface area contributed by atoms with Gasteiger partial charge in [-0.25, -0.2) is 4.39 Å². The number of benzene rings is 2. The Morgan fingerprint density at radius 1 is 0.917 bits per heavy atom. The molecule has 0 radical (unpaired) electrons. The SMILES string of the molecule is Cc1ccc(C(=O)N(CC(=O)N2CCCN(c3ccc(-c4ccc(F)cc4)nn3)CC2)C(C)C)cc1. The molecule has 4 rings (SSSR count). The zero-order valence-corrected chi connectivity index (χ0v) is 21.0. The second-order valence-corrected chi connectivity index (χ2v) is 9.40. The van der Waals surface area contributed by atoms with Crippen LogP contribution in [0.3, 0.4) is 0 Å². The lowest BCUT2D eigenvalue weighted by molar-refractivity contribution is -0.132. The summed E-state index contributed by atoms with van der Waals surface area (Å²) in [5, 5.41) is 8.69. The molecule has 1 fully saturated rings. The van der Waals surface area contributed by atoms with Gasteiger partial charge in [-0.3, -0.25) is 9.59 Å². The first-order valence-corrected chi connectivity index (χ1v) is 12.3. The van der Waals surface area contributed by atoms with E-state index >= 15 is 0 Å². The monoisotopic (exact) mass is 489 g/mol. The summed E-state index contributed by atoms with van der Waals surface area (Å²) in [5.74, 6) is 0.270. The van der Waals surface area contributed by atoms with Gasteiger partial charge >= 0.3 is 0 Å². The van der Waals surface area contributed by atoms with Crippen LogP contribution in [0.1, 0.15) is 36.2 Å². The Balaban J connectivity index is 1.37. The van der Waals surface area contributed by atoms with Gasteiger partial charge in [0.2, 0.25) is 5.91 Å². The van der Waals surface area contributed by atoms with Crippen LogP contribution < -0.4 is 4.90 Å². The largest absolute Gasteiger partial charge is 0.353 e. The Hall–Kier alpha value is -3.81. The number of amides is 2. The number of hydrogen-bond donors (Lipinski definition) is 0. The fraction of sp³-hybridized carbons (Fsp3) is 0.357. The Kier molecular flexibility index (Phi) is 7.93. The van der Waals surface area contributed by atoms with E-state index in [-0.39, 0.29) is 30.2 Å². The standard InChI is InChI=1S/C28H32FN5O2/c1-20(2)34(28(36)23-7-5-21(3)6-8-23)19-27(35)33-16-4-15-32(17-18-33)26-14-13-25(30-31-26)22-9-11-24(29)12-10-22/h5-14,20H,4,15-19H2,1-3H3. The van der Waals surface area contributed by atoms with Crippen LogP contribution in [0, 0.1) is 12.7 Å². The fourth-order valence-corrected chi connectivity index (χ4v) is 4.26. The maximum atomic E-state index is 13.2. The average molecular weight is 490 g/mol. The molecular weight excluding hydrogens is 457 g/mol. The van der Waals surface area contributed by atoms with Gasteiger partial charge in [0.15, 0.2) is 5.82 Å². The van der Waals surface area contributed by atoms with Crippen molar-refractivity contribution in [2.45, 2.75) is 33.2 Å². The molecule has 1 aliphatic rings. The summed E-state index contributed by atoms with van der Waals surface area (Å²) < 4.78 is 13.2. The van der Waals surface area contributed by atoms with Gasteiger partial charge < -0.3 is 14.7 Å². The highest BCUT2D eigenvalue weighted by Gasteiger charge is 2.26. The highest BCUT2D eigenvalue weighted by molar-refractivity contribution is 5.96. The molecule has 2 aromatic carbocycles. The molecule has 36 heavy (non-hydrogen) atoms. The lowest BCUT2D eigenvalue weighted by Gasteiger charge is -2.29. The van der Waals surface area contributed by atoms with Crippen molar-refractivity contribution in [3.05, 3.63) is 77.6 Å². The first-order valence-electron chi connectivity index (χ1n) is 12.3. The van der Waals surface area contributed by atoms with Gasteiger partial charge in [0, 0.05) is 43.3 Å². The van der Waals surface area contributed by atoms with E-state index in [9.17, 15) is 14.0 Å². The number of rotatable bonds is 6. The van der Waals surface area contributed by atoms with Crippen molar-refractivity contribution in [3.63, 3.8) is 0 Å². The lowest BCUT2D eigenvalue weighted by Crippen LogP contribution is -2.46. The molecule has 8 heteroatoms. The molecule has 0 atom stereocenters. The number of hydrogen-bond acceptors (Lipinski definition) is 5. The Morgan fingerprint density at radius 3 is 2.28 bits per heavy atom. The molecule has 0 spiro atoms. The van der Waals surface area contributed by atoms with Crippen molar-refractivity contribution in [3.8, 4) is 11.3 Å². The number of carbonyl (C=O) groups excluding carboxylic acids is 2. The highest BCUT2D eigenvalue weighted by atomic mass is 19.1. The molecule has 0 bridgehead atoms. The molecule has 1 aromatic heterocycles. The maximum Gasteiger partial charge on any atom is 0.254 e. The topological polar surface area (TPSA) is 69.6 Å². The number of aryl methyl sites for hydroxylation is 1. The Bertz CT molecular complexity index is 1180. The van der Waals surface area contributed by atoms with Crippen LogP contribution in [0.4, 0.5) is 10.2 Å². The van der Waals surface area contributed by atoms with Crippen molar-refractivity contribution in [1.29, 1.82) is 0 Å². The van der Waals surface area contributed by atoms with Gasteiger partial charge in [0.25, 0.3) is 5.91 Å². The first-order chi connectivity index (χ1) is 17.3. The van der Waals surface area contributed by atoms with Crippen LogP contribution in [0.25, 0.3) is 11.3 Å². The molecule has 3 aromatic rings. The molecule has 0 N–H and O–H groups in total. The van der Waals surface area contributed by atoms with E-state index in [2.05, 4.69) is 15.1 Å². The van der Waals surface area contributed by atoms with Crippen LogP contribution >= 0.6 is 0 Å². The number of nitrogens with zero attached hydrogens (tertiary/aromatic N) is 5. The number of halogens is 1. The van der Waals surface area contributed by atoms with Gasteiger partial charge in [-0.1, -0.05) is 17.7 Å². The van der Waals surface area contributed by atoms with Gasteiger partial charge in [0.1, 0.15) is 12.4 Å². The molecule has 2 amide bonds. The van der Waals surface area contributed by atoms with Crippen molar-refractivity contribution in [1.82, 2.24) is 20.0 Å². The molecule has 0 saturated carbocycles. The summed E-state index contributed by atoms with van der Waals surface area (Å²) in [7, 11) is 0.